The minimum Gasteiger partial charge on any atom is -0.484 e. The maximum absolute atomic E-state index is 13.0. The maximum atomic E-state index is 13.0. The van der Waals surface area contributed by atoms with E-state index in [1.807, 2.05) is 6.07 Å². The summed E-state index contributed by atoms with van der Waals surface area (Å²) in [6, 6.07) is 16.3. The number of nitrogens with one attached hydrogen (secondary N) is 1. The molecular weight excluding hydrogens is 355 g/mol. The summed E-state index contributed by atoms with van der Waals surface area (Å²) in [4.78, 5) is 24.5. The van der Waals surface area contributed by atoms with Gasteiger partial charge in [-0.25, -0.2) is 4.39 Å². The number of benzene rings is 2. The second-order valence-corrected chi connectivity index (χ2v) is 6.49. The van der Waals surface area contributed by atoms with Gasteiger partial charge in [0.1, 0.15) is 11.6 Å². The molecule has 0 aliphatic rings. The van der Waals surface area contributed by atoms with Crippen molar-refractivity contribution in [2.45, 2.75) is 0 Å². The Balaban J connectivity index is 1.65. The summed E-state index contributed by atoms with van der Waals surface area (Å²) in [5.41, 5.74) is 6.46. The van der Waals surface area contributed by atoms with Crippen LogP contribution >= 0.6 is 11.3 Å². The number of carbonyl (C=O) groups is 2. The highest BCUT2D eigenvalue weighted by atomic mass is 32.1. The van der Waals surface area contributed by atoms with E-state index in [1.54, 1.807) is 42.5 Å². The molecule has 3 rings (SSSR count). The Hall–Kier alpha value is -3.19. The summed E-state index contributed by atoms with van der Waals surface area (Å²) in [6.07, 6.45) is 0. The van der Waals surface area contributed by atoms with E-state index in [1.165, 1.54) is 23.5 Å². The first kappa shape index (κ1) is 17.6. The Morgan fingerprint density at radius 3 is 2.35 bits per heavy atom. The maximum Gasteiger partial charge on any atom is 0.265 e. The highest BCUT2D eigenvalue weighted by molar-refractivity contribution is 7.17. The van der Waals surface area contributed by atoms with Crippen LogP contribution in [-0.4, -0.2) is 18.4 Å². The zero-order valence-electron chi connectivity index (χ0n) is 13.6. The van der Waals surface area contributed by atoms with Crippen LogP contribution in [0.25, 0.3) is 10.4 Å². The average molecular weight is 370 g/mol. The molecule has 0 spiro atoms. The molecular formula is C19H15FN2O3S. The number of rotatable bonds is 6. The molecule has 0 fully saturated rings. The molecule has 0 atom stereocenters. The standard InChI is InChI=1S/C19H15FN2O3S/c20-13-3-1-12(2-4-13)16-9-10-17(26-16)19(24)22-14-5-7-15(8-6-14)25-11-18(21)23/h1-10H,11H2,(H2,21,23)(H,22,24). The number of hydrogen-bond donors (Lipinski definition) is 2. The minimum atomic E-state index is -0.558. The van der Waals surface area contributed by atoms with E-state index in [0.717, 1.165) is 10.4 Å². The van der Waals surface area contributed by atoms with Crippen LogP contribution in [-0.2, 0) is 4.79 Å². The molecule has 26 heavy (non-hydrogen) atoms. The molecule has 3 N–H and O–H groups in total. The molecule has 1 aromatic heterocycles. The van der Waals surface area contributed by atoms with Gasteiger partial charge in [0.2, 0.25) is 0 Å². The normalized spacial score (nSPS) is 10.3. The fourth-order valence-electron chi connectivity index (χ4n) is 2.21. The second kappa shape index (κ2) is 7.79. The Bertz CT molecular complexity index is 921. The van der Waals surface area contributed by atoms with E-state index in [2.05, 4.69) is 5.32 Å². The van der Waals surface area contributed by atoms with E-state index in [0.29, 0.717) is 16.3 Å². The first-order valence-electron chi connectivity index (χ1n) is 7.69. The van der Waals surface area contributed by atoms with E-state index in [9.17, 15) is 14.0 Å². The summed E-state index contributed by atoms with van der Waals surface area (Å²) in [5.74, 6) is -0.616. The van der Waals surface area contributed by atoms with E-state index in [4.69, 9.17) is 10.5 Å². The smallest absolute Gasteiger partial charge is 0.265 e. The predicted molar refractivity (Wildman–Crippen MR) is 98.8 cm³/mol. The fraction of sp³-hybridized carbons (Fsp3) is 0.0526. The lowest BCUT2D eigenvalue weighted by atomic mass is 10.2. The zero-order chi connectivity index (χ0) is 18.5. The van der Waals surface area contributed by atoms with Crippen LogP contribution in [0.4, 0.5) is 10.1 Å². The van der Waals surface area contributed by atoms with Gasteiger partial charge in [-0.3, -0.25) is 9.59 Å². The van der Waals surface area contributed by atoms with Gasteiger partial charge < -0.3 is 15.8 Å². The van der Waals surface area contributed by atoms with Gasteiger partial charge in [0.25, 0.3) is 11.8 Å². The Morgan fingerprint density at radius 1 is 1.00 bits per heavy atom. The van der Waals surface area contributed by atoms with Gasteiger partial charge in [0, 0.05) is 10.6 Å². The molecule has 0 aliphatic carbocycles. The molecule has 7 heteroatoms. The number of anilines is 1. The largest absolute Gasteiger partial charge is 0.484 e. The van der Waals surface area contributed by atoms with Crippen molar-refractivity contribution in [1.29, 1.82) is 0 Å². The van der Waals surface area contributed by atoms with Crippen molar-refractivity contribution in [3.8, 4) is 16.2 Å². The molecule has 0 aliphatic heterocycles. The lowest BCUT2D eigenvalue weighted by molar-refractivity contribution is -0.119. The second-order valence-electron chi connectivity index (χ2n) is 5.40. The third-order valence-corrected chi connectivity index (χ3v) is 4.58. The third-order valence-electron chi connectivity index (χ3n) is 3.45. The van der Waals surface area contributed by atoms with Gasteiger partial charge in [-0.2, -0.15) is 0 Å². The van der Waals surface area contributed by atoms with Gasteiger partial charge >= 0.3 is 0 Å². The first-order chi connectivity index (χ1) is 12.5. The SMILES string of the molecule is NC(=O)COc1ccc(NC(=O)c2ccc(-c3ccc(F)cc3)s2)cc1. The predicted octanol–water partition coefficient (Wildman–Crippen LogP) is 3.67. The Kier molecular flexibility index (Phi) is 5.28. The molecule has 2 amide bonds. The Labute approximate surface area is 153 Å². The van der Waals surface area contributed by atoms with Crippen molar-refractivity contribution >= 4 is 28.8 Å². The van der Waals surface area contributed by atoms with Gasteiger partial charge in [-0.1, -0.05) is 12.1 Å². The van der Waals surface area contributed by atoms with Gasteiger partial charge in [0.15, 0.2) is 6.61 Å². The molecule has 0 bridgehead atoms. The van der Waals surface area contributed by atoms with E-state index < -0.39 is 5.91 Å². The third kappa shape index (κ3) is 4.46. The van der Waals surface area contributed by atoms with Crippen LogP contribution in [0.1, 0.15) is 9.67 Å². The number of halogens is 1. The van der Waals surface area contributed by atoms with E-state index in [-0.39, 0.29) is 18.3 Å². The first-order valence-corrected chi connectivity index (χ1v) is 8.51. The van der Waals surface area contributed by atoms with Gasteiger partial charge in [-0.15, -0.1) is 11.3 Å². The molecule has 5 nitrogen and oxygen atoms in total. The minimum absolute atomic E-state index is 0.201. The lowest BCUT2D eigenvalue weighted by Gasteiger charge is -2.06. The summed E-state index contributed by atoms with van der Waals surface area (Å²) in [7, 11) is 0. The van der Waals surface area contributed by atoms with E-state index >= 15 is 0 Å². The topological polar surface area (TPSA) is 81.4 Å². The summed E-state index contributed by atoms with van der Waals surface area (Å²) >= 11 is 1.32. The van der Waals surface area contributed by atoms with Crippen LogP contribution < -0.4 is 15.8 Å². The van der Waals surface area contributed by atoms with Crippen LogP contribution in [0.2, 0.25) is 0 Å². The lowest BCUT2D eigenvalue weighted by Crippen LogP contribution is -2.20. The number of nitrogens with two attached hydrogens (primary N) is 1. The van der Waals surface area contributed by atoms with Crippen LogP contribution in [0.15, 0.2) is 60.7 Å². The molecule has 2 aromatic carbocycles. The molecule has 0 unspecified atom stereocenters. The number of primary amides is 1. The summed E-state index contributed by atoms with van der Waals surface area (Å²) in [6.45, 7) is -0.201. The quantitative estimate of drug-likeness (QED) is 0.695. The van der Waals surface area contributed by atoms with Crippen LogP contribution in [0.3, 0.4) is 0 Å². The number of carbonyl (C=O) groups excluding carboxylic acids is 2. The number of ether oxygens (including phenoxy) is 1. The summed E-state index contributed by atoms with van der Waals surface area (Å²) in [5, 5.41) is 2.79. The molecule has 3 aromatic rings. The zero-order valence-corrected chi connectivity index (χ0v) is 14.4. The molecule has 0 saturated carbocycles. The van der Waals surface area contributed by atoms with Crippen LogP contribution in [0, 0.1) is 5.82 Å². The highest BCUT2D eigenvalue weighted by Gasteiger charge is 2.11. The number of thiophene rings is 1. The van der Waals surface area contributed by atoms with Crippen LogP contribution in [0.5, 0.6) is 5.75 Å². The van der Waals surface area contributed by atoms with Crippen molar-refractivity contribution < 1.29 is 18.7 Å². The average Bonchev–Trinajstić information content (AvgIpc) is 3.12. The molecule has 132 valence electrons. The highest BCUT2D eigenvalue weighted by Crippen LogP contribution is 2.29. The Morgan fingerprint density at radius 2 is 1.69 bits per heavy atom. The fourth-order valence-corrected chi connectivity index (χ4v) is 3.12. The van der Waals surface area contributed by atoms with Gasteiger partial charge in [-0.05, 0) is 54.1 Å². The summed E-state index contributed by atoms with van der Waals surface area (Å²) < 4.78 is 18.2. The van der Waals surface area contributed by atoms with Crippen molar-refractivity contribution in [2.24, 2.45) is 5.73 Å². The molecule has 1 heterocycles. The molecule has 0 saturated heterocycles. The van der Waals surface area contributed by atoms with Crippen molar-refractivity contribution in [3.63, 3.8) is 0 Å². The monoisotopic (exact) mass is 370 g/mol. The van der Waals surface area contributed by atoms with Gasteiger partial charge in [0.05, 0.1) is 4.88 Å². The molecule has 0 radical (unpaired) electrons. The van der Waals surface area contributed by atoms with Crippen molar-refractivity contribution in [3.05, 3.63) is 71.4 Å². The van der Waals surface area contributed by atoms with Crippen molar-refractivity contribution in [1.82, 2.24) is 0 Å². The number of amides is 2. The number of hydrogen-bond acceptors (Lipinski definition) is 4. The van der Waals surface area contributed by atoms with Crippen molar-refractivity contribution in [2.75, 3.05) is 11.9 Å².